The topological polar surface area (TPSA) is 76.4 Å². The highest BCUT2D eigenvalue weighted by Crippen LogP contribution is 2.35. The second kappa shape index (κ2) is 6.17. The molecule has 2 aliphatic heterocycles. The summed E-state index contributed by atoms with van der Waals surface area (Å²) >= 11 is 0. The van der Waals surface area contributed by atoms with Crippen LogP contribution in [0.15, 0.2) is 30.3 Å². The van der Waals surface area contributed by atoms with Crippen LogP contribution in [0.3, 0.4) is 0 Å². The van der Waals surface area contributed by atoms with E-state index in [-0.39, 0.29) is 6.09 Å². The van der Waals surface area contributed by atoms with Crippen LogP contribution in [0, 0.1) is 6.92 Å². The number of rotatable bonds is 3. The lowest BCUT2D eigenvalue weighted by atomic mass is 9.99. The van der Waals surface area contributed by atoms with E-state index in [0.29, 0.717) is 24.2 Å². The minimum atomic E-state index is -0.431. The third-order valence-electron chi connectivity index (χ3n) is 5.77. The number of imidazole rings is 1. The van der Waals surface area contributed by atoms with Crippen LogP contribution in [0.1, 0.15) is 31.4 Å². The lowest BCUT2D eigenvalue weighted by molar-refractivity contribution is 0.175. The van der Waals surface area contributed by atoms with Gasteiger partial charge in [-0.2, -0.15) is 0 Å². The van der Waals surface area contributed by atoms with Gasteiger partial charge in [-0.25, -0.2) is 19.7 Å². The minimum Gasteiger partial charge on any atom is -0.447 e. The average molecular weight is 392 g/mol. The number of ether oxygens (including phenoxy) is 1. The van der Waals surface area contributed by atoms with Gasteiger partial charge in [0.1, 0.15) is 29.9 Å². The number of carbonyl (C=O) groups is 1. The number of nitrogens with zero attached hydrogens (tertiary/aromatic N) is 6. The van der Waals surface area contributed by atoms with Crippen molar-refractivity contribution in [2.45, 2.75) is 32.2 Å². The largest absolute Gasteiger partial charge is 0.447 e. The molecule has 29 heavy (non-hydrogen) atoms. The number of para-hydroxylation sites is 2. The molecule has 0 radical (unpaired) electrons. The number of aromatic nitrogens is 4. The fraction of sp³-hybridized carbons (Fsp3) is 0.429. The number of fused-ring (bicyclic) bond motifs is 1. The predicted molar refractivity (Wildman–Crippen MR) is 110 cm³/mol. The Morgan fingerprint density at radius 3 is 2.52 bits per heavy atom. The molecule has 150 valence electrons. The maximum absolute atomic E-state index is 12.2. The number of anilines is 2. The van der Waals surface area contributed by atoms with Crippen LogP contribution in [0.5, 0.6) is 0 Å². The van der Waals surface area contributed by atoms with Crippen LogP contribution in [-0.2, 0) is 11.8 Å². The summed E-state index contributed by atoms with van der Waals surface area (Å²) < 4.78 is 7.41. The summed E-state index contributed by atoms with van der Waals surface area (Å²) in [6.45, 7) is 7.81. The standard InChI is InChI=1S/C21H24N6O2/c1-13-22-17(9-18(23-13)27-20(28)29-12-21(27,2)3)26-10-14(11-26)19-24-15-7-5-6-8-16(15)25(19)4/h5-9,14H,10-12H2,1-4H3. The third kappa shape index (κ3) is 2.82. The zero-order chi connectivity index (χ0) is 20.3. The van der Waals surface area contributed by atoms with Crippen molar-refractivity contribution in [1.29, 1.82) is 0 Å². The van der Waals surface area contributed by atoms with Crippen molar-refractivity contribution in [3.63, 3.8) is 0 Å². The van der Waals surface area contributed by atoms with E-state index < -0.39 is 5.54 Å². The van der Waals surface area contributed by atoms with Gasteiger partial charge in [0.05, 0.1) is 22.5 Å². The molecule has 0 unspecified atom stereocenters. The van der Waals surface area contributed by atoms with Gasteiger partial charge in [-0.3, -0.25) is 4.90 Å². The van der Waals surface area contributed by atoms with Crippen molar-refractivity contribution in [3.8, 4) is 0 Å². The Kier molecular flexibility index (Phi) is 3.81. The normalized spacial score (nSPS) is 19.0. The lowest BCUT2D eigenvalue weighted by Crippen LogP contribution is -2.47. The first kappa shape index (κ1) is 17.9. The van der Waals surface area contributed by atoms with Gasteiger partial charge in [-0.05, 0) is 32.9 Å². The van der Waals surface area contributed by atoms with Crippen LogP contribution in [0.2, 0.25) is 0 Å². The molecule has 1 amide bonds. The van der Waals surface area contributed by atoms with E-state index in [9.17, 15) is 4.79 Å². The monoisotopic (exact) mass is 392 g/mol. The summed E-state index contributed by atoms with van der Waals surface area (Å²) in [4.78, 5) is 30.0. The molecule has 2 fully saturated rings. The summed E-state index contributed by atoms with van der Waals surface area (Å²) in [6.07, 6.45) is -0.361. The van der Waals surface area contributed by atoms with Crippen LogP contribution in [0.4, 0.5) is 16.4 Å². The molecule has 0 bridgehead atoms. The second-order valence-corrected chi connectivity index (χ2v) is 8.45. The Bertz CT molecular complexity index is 1120. The first-order valence-electron chi connectivity index (χ1n) is 9.82. The number of carbonyl (C=O) groups excluding carboxylic acids is 1. The van der Waals surface area contributed by atoms with E-state index in [0.717, 1.165) is 35.8 Å². The molecule has 0 spiro atoms. The molecule has 2 aliphatic rings. The van der Waals surface area contributed by atoms with E-state index in [1.165, 1.54) is 0 Å². The molecule has 2 saturated heterocycles. The fourth-order valence-corrected chi connectivity index (χ4v) is 4.19. The van der Waals surface area contributed by atoms with Crippen molar-refractivity contribution >= 4 is 28.8 Å². The molecule has 8 heteroatoms. The zero-order valence-corrected chi connectivity index (χ0v) is 17.1. The Morgan fingerprint density at radius 2 is 1.83 bits per heavy atom. The summed E-state index contributed by atoms with van der Waals surface area (Å²) in [5.74, 6) is 3.50. The quantitative estimate of drug-likeness (QED) is 0.682. The lowest BCUT2D eigenvalue weighted by Gasteiger charge is -2.40. The van der Waals surface area contributed by atoms with E-state index in [2.05, 4.69) is 32.5 Å². The second-order valence-electron chi connectivity index (χ2n) is 8.45. The number of hydrogen-bond donors (Lipinski definition) is 0. The van der Waals surface area contributed by atoms with Crippen molar-refractivity contribution in [2.24, 2.45) is 7.05 Å². The van der Waals surface area contributed by atoms with Crippen LogP contribution < -0.4 is 9.80 Å². The van der Waals surface area contributed by atoms with Gasteiger partial charge >= 0.3 is 6.09 Å². The molecule has 0 N–H and O–H groups in total. The maximum Gasteiger partial charge on any atom is 0.416 e. The molecule has 0 aliphatic carbocycles. The molecule has 0 saturated carbocycles. The summed E-state index contributed by atoms with van der Waals surface area (Å²) in [5.41, 5.74) is 1.74. The van der Waals surface area contributed by atoms with E-state index in [4.69, 9.17) is 9.72 Å². The summed E-state index contributed by atoms with van der Waals surface area (Å²) in [7, 11) is 2.07. The predicted octanol–water partition coefficient (Wildman–Crippen LogP) is 3.01. The van der Waals surface area contributed by atoms with Crippen molar-refractivity contribution in [2.75, 3.05) is 29.5 Å². The van der Waals surface area contributed by atoms with Gasteiger partial charge in [0.25, 0.3) is 0 Å². The van der Waals surface area contributed by atoms with Gasteiger partial charge in [0, 0.05) is 26.2 Å². The summed E-state index contributed by atoms with van der Waals surface area (Å²) in [6, 6.07) is 10.1. The molecule has 0 atom stereocenters. The first-order chi connectivity index (χ1) is 13.8. The molecular formula is C21H24N6O2. The SMILES string of the molecule is Cc1nc(N2CC(c3nc4ccccc4n3C)C2)cc(N2C(=O)OCC2(C)C)n1. The number of hydrogen-bond acceptors (Lipinski definition) is 6. The van der Waals surface area contributed by atoms with Gasteiger partial charge in [0.2, 0.25) is 0 Å². The molecule has 3 aromatic rings. The van der Waals surface area contributed by atoms with Gasteiger partial charge in [-0.1, -0.05) is 12.1 Å². The maximum atomic E-state index is 12.2. The smallest absolute Gasteiger partial charge is 0.416 e. The molecule has 2 aromatic heterocycles. The Morgan fingerprint density at radius 1 is 1.10 bits per heavy atom. The molecule has 5 rings (SSSR count). The van der Waals surface area contributed by atoms with Crippen molar-refractivity contribution < 1.29 is 9.53 Å². The van der Waals surface area contributed by atoms with Crippen LogP contribution in [-0.4, -0.2) is 50.8 Å². The molecule has 4 heterocycles. The van der Waals surface area contributed by atoms with Gasteiger partial charge in [-0.15, -0.1) is 0 Å². The highest BCUT2D eigenvalue weighted by molar-refractivity contribution is 5.90. The summed E-state index contributed by atoms with van der Waals surface area (Å²) in [5, 5.41) is 0. The fourth-order valence-electron chi connectivity index (χ4n) is 4.19. The van der Waals surface area contributed by atoms with Crippen molar-refractivity contribution in [3.05, 3.63) is 42.0 Å². The van der Waals surface area contributed by atoms with Crippen molar-refractivity contribution in [1.82, 2.24) is 19.5 Å². The average Bonchev–Trinajstić information content (AvgIpc) is 3.10. The number of amides is 1. The van der Waals surface area contributed by atoms with Crippen LogP contribution >= 0.6 is 0 Å². The van der Waals surface area contributed by atoms with E-state index >= 15 is 0 Å². The number of aryl methyl sites for hydroxylation is 2. The van der Waals surface area contributed by atoms with Crippen LogP contribution in [0.25, 0.3) is 11.0 Å². The van der Waals surface area contributed by atoms with Gasteiger partial charge in [0.15, 0.2) is 0 Å². The Balaban J connectivity index is 1.40. The molecular weight excluding hydrogens is 368 g/mol. The third-order valence-corrected chi connectivity index (χ3v) is 5.77. The number of benzene rings is 1. The minimum absolute atomic E-state index is 0.347. The highest BCUT2D eigenvalue weighted by Gasteiger charge is 2.42. The first-order valence-corrected chi connectivity index (χ1v) is 9.82. The Hall–Kier alpha value is -3.16. The van der Waals surface area contributed by atoms with E-state index in [1.807, 2.05) is 45.0 Å². The number of cyclic esters (lactones) is 1. The molecule has 8 nitrogen and oxygen atoms in total. The zero-order valence-electron chi connectivity index (χ0n) is 17.1. The van der Waals surface area contributed by atoms with E-state index in [1.54, 1.807) is 4.90 Å². The van der Waals surface area contributed by atoms with Gasteiger partial charge < -0.3 is 14.2 Å². The molecule has 1 aromatic carbocycles. The highest BCUT2D eigenvalue weighted by atomic mass is 16.6. The Labute approximate surface area is 169 Å².